The van der Waals surface area contributed by atoms with Crippen LogP contribution in [-0.2, 0) is 19.4 Å². The summed E-state index contributed by atoms with van der Waals surface area (Å²) in [5.74, 6) is 0.859. The number of hydrogen-bond donors (Lipinski definition) is 1. The Balaban J connectivity index is 1.97. The molecule has 0 saturated heterocycles. The molecular weight excluding hydrogens is 222 g/mol. The van der Waals surface area contributed by atoms with E-state index in [0.29, 0.717) is 0 Å². The number of aliphatic hydroxyl groups is 1. The first-order valence-electron chi connectivity index (χ1n) is 4.95. The molecule has 1 aromatic heterocycles. The Morgan fingerprint density at radius 2 is 1.94 bits per heavy atom. The Hall–Kier alpha value is -1.33. The molecule has 16 heavy (non-hydrogen) atoms. The zero-order valence-electron chi connectivity index (χ0n) is 9.00. The van der Waals surface area contributed by atoms with Gasteiger partial charge in [0, 0.05) is 12.8 Å². The topological polar surface area (TPSA) is 50.9 Å². The van der Waals surface area contributed by atoms with Gasteiger partial charge in [-0.15, -0.1) is 0 Å². The van der Waals surface area contributed by atoms with Crippen molar-refractivity contribution in [1.29, 1.82) is 0 Å². The van der Waals surface area contributed by atoms with E-state index < -0.39 is 0 Å². The van der Waals surface area contributed by atoms with E-state index in [1.807, 2.05) is 31.3 Å². The molecule has 0 saturated carbocycles. The second kappa shape index (κ2) is 5.14. The molecule has 0 aliphatic carbocycles. The van der Waals surface area contributed by atoms with Crippen molar-refractivity contribution in [3.63, 3.8) is 0 Å². The van der Waals surface area contributed by atoms with Gasteiger partial charge in [-0.3, -0.25) is 0 Å². The van der Waals surface area contributed by atoms with Gasteiger partial charge in [0.25, 0.3) is 0 Å². The molecular formula is C11H13N3OS. The average molecular weight is 235 g/mol. The van der Waals surface area contributed by atoms with Gasteiger partial charge < -0.3 is 5.11 Å². The van der Waals surface area contributed by atoms with Crippen LogP contribution < -0.4 is 0 Å². The molecule has 0 bridgehead atoms. The van der Waals surface area contributed by atoms with Crippen LogP contribution in [-0.4, -0.2) is 19.9 Å². The summed E-state index contributed by atoms with van der Waals surface area (Å²) in [7, 11) is 1.88. The maximum Gasteiger partial charge on any atom is 0.186 e. The molecule has 1 heterocycles. The summed E-state index contributed by atoms with van der Waals surface area (Å²) in [6.07, 6.45) is 1.55. The maximum atomic E-state index is 8.92. The molecule has 0 atom stereocenters. The van der Waals surface area contributed by atoms with Gasteiger partial charge in [-0.25, -0.2) is 9.67 Å². The Morgan fingerprint density at radius 3 is 2.50 bits per heavy atom. The average Bonchev–Trinajstić information content (AvgIpc) is 2.73. The fraction of sp³-hybridized carbons (Fsp3) is 0.273. The van der Waals surface area contributed by atoms with Gasteiger partial charge in [-0.2, -0.15) is 5.10 Å². The standard InChI is InChI=1S/C11H13N3OS/c1-14-11(12-8-13-14)16-7-10-4-2-9(6-15)3-5-10/h2-5,8,15H,6-7H2,1H3. The summed E-state index contributed by atoms with van der Waals surface area (Å²) >= 11 is 1.65. The van der Waals surface area contributed by atoms with Gasteiger partial charge >= 0.3 is 0 Å². The van der Waals surface area contributed by atoms with E-state index >= 15 is 0 Å². The van der Waals surface area contributed by atoms with Crippen LogP contribution >= 0.6 is 11.8 Å². The lowest BCUT2D eigenvalue weighted by Crippen LogP contribution is -1.93. The van der Waals surface area contributed by atoms with Gasteiger partial charge in [0.1, 0.15) is 6.33 Å². The van der Waals surface area contributed by atoms with E-state index in [4.69, 9.17) is 5.11 Å². The summed E-state index contributed by atoms with van der Waals surface area (Å²) in [5.41, 5.74) is 2.15. The normalized spacial score (nSPS) is 10.6. The van der Waals surface area contributed by atoms with Crippen molar-refractivity contribution in [2.24, 2.45) is 7.05 Å². The van der Waals surface area contributed by atoms with Crippen molar-refractivity contribution in [3.8, 4) is 0 Å². The van der Waals surface area contributed by atoms with Crippen molar-refractivity contribution in [1.82, 2.24) is 14.8 Å². The largest absolute Gasteiger partial charge is 0.392 e. The van der Waals surface area contributed by atoms with Crippen LogP contribution in [0.1, 0.15) is 11.1 Å². The van der Waals surface area contributed by atoms with Crippen LogP contribution in [0.25, 0.3) is 0 Å². The Morgan fingerprint density at radius 1 is 1.25 bits per heavy atom. The van der Waals surface area contributed by atoms with Gasteiger partial charge in [-0.05, 0) is 11.1 Å². The third-order valence-corrected chi connectivity index (χ3v) is 3.35. The molecule has 5 heteroatoms. The summed E-state index contributed by atoms with van der Waals surface area (Å²) in [6.45, 7) is 0.0940. The van der Waals surface area contributed by atoms with Crippen LogP contribution in [0.2, 0.25) is 0 Å². The molecule has 0 unspecified atom stereocenters. The number of rotatable bonds is 4. The summed E-state index contributed by atoms with van der Waals surface area (Å²) in [5, 5.41) is 13.8. The second-order valence-corrected chi connectivity index (χ2v) is 4.37. The molecule has 0 aliphatic rings. The molecule has 4 nitrogen and oxygen atoms in total. The molecule has 2 aromatic rings. The Labute approximate surface area is 98.3 Å². The number of hydrogen-bond acceptors (Lipinski definition) is 4. The Bertz CT molecular complexity index is 453. The number of aliphatic hydroxyl groups excluding tert-OH is 1. The van der Waals surface area contributed by atoms with Gasteiger partial charge in [0.15, 0.2) is 5.16 Å². The third-order valence-electron chi connectivity index (χ3n) is 2.24. The number of nitrogens with zero attached hydrogens (tertiary/aromatic N) is 3. The van der Waals surface area contributed by atoms with E-state index in [0.717, 1.165) is 16.5 Å². The summed E-state index contributed by atoms with van der Waals surface area (Å²) in [6, 6.07) is 7.92. The molecule has 0 amide bonds. The molecule has 2 rings (SSSR count). The minimum atomic E-state index is 0.0940. The van der Waals surface area contributed by atoms with Gasteiger partial charge in [0.2, 0.25) is 0 Å². The lowest BCUT2D eigenvalue weighted by molar-refractivity contribution is 0.282. The first-order valence-corrected chi connectivity index (χ1v) is 5.93. The number of thioether (sulfide) groups is 1. The SMILES string of the molecule is Cn1ncnc1SCc1ccc(CO)cc1. The smallest absolute Gasteiger partial charge is 0.186 e. The van der Waals surface area contributed by atoms with Crippen molar-refractivity contribution >= 4 is 11.8 Å². The zero-order valence-corrected chi connectivity index (χ0v) is 9.81. The van der Waals surface area contributed by atoms with Crippen molar-refractivity contribution in [2.75, 3.05) is 0 Å². The van der Waals surface area contributed by atoms with Crippen molar-refractivity contribution in [3.05, 3.63) is 41.7 Å². The van der Waals surface area contributed by atoms with Crippen LogP contribution in [0, 0.1) is 0 Å². The van der Waals surface area contributed by atoms with E-state index in [2.05, 4.69) is 10.1 Å². The monoisotopic (exact) mass is 235 g/mol. The zero-order chi connectivity index (χ0) is 11.4. The quantitative estimate of drug-likeness (QED) is 0.818. The fourth-order valence-electron chi connectivity index (χ4n) is 1.31. The van der Waals surface area contributed by atoms with Crippen LogP contribution in [0.3, 0.4) is 0 Å². The van der Waals surface area contributed by atoms with Crippen molar-refractivity contribution in [2.45, 2.75) is 17.5 Å². The molecule has 84 valence electrons. The minimum Gasteiger partial charge on any atom is -0.392 e. The Kier molecular flexibility index (Phi) is 3.58. The third kappa shape index (κ3) is 2.62. The highest BCUT2D eigenvalue weighted by Gasteiger charge is 2.01. The fourth-order valence-corrected chi connectivity index (χ4v) is 2.15. The van der Waals surface area contributed by atoms with E-state index in [9.17, 15) is 0 Å². The first-order chi connectivity index (χ1) is 7.79. The predicted molar refractivity (Wildman–Crippen MR) is 62.9 cm³/mol. The molecule has 1 N–H and O–H groups in total. The van der Waals surface area contributed by atoms with Crippen LogP contribution in [0.15, 0.2) is 35.7 Å². The highest BCUT2D eigenvalue weighted by molar-refractivity contribution is 7.98. The molecule has 0 spiro atoms. The number of aromatic nitrogens is 3. The molecule has 0 radical (unpaired) electrons. The van der Waals surface area contributed by atoms with E-state index in [1.165, 1.54) is 5.56 Å². The lowest BCUT2D eigenvalue weighted by atomic mass is 10.2. The summed E-state index contributed by atoms with van der Waals surface area (Å²) in [4.78, 5) is 4.14. The second-order valence-electron chi connectivity index (χ2n) is 3.43. The van der Waals surface area contributed by atoms with Crippen molar-refractivity contribution < 1.29 is 5.11 Å². The van der Waals surface area contributed by atoms with Gasteiger partial charge in [-0.1, -0.05) is 36.0 Å². The molecule has 0 fully saturated rings. The summed E-state index contributed by atoms with van der Waals surface area (Å²) < 4.78 is 1.76. The van der Waals surface area contributed by atoms with E-state index in [-0.39, 0.29) is 6.61 Å². The predicted octanol–water partition coefficient (Wildman–Crippen LogP) is 1.60. The molecule has 1 aromatic carbocycles. The van der Waals surface area contributed by atoms with Gasteiger partial charge in [0.05, 0.1) is 6.61 Å². The number of benzene rings is 1. The highest BCUT2D eigenvalue weighted by atomic mass is 32.2. The minimum absolute atomic E-state index is 0.0940. The van der Waals surface area contributed by atoms with E-state index in [1.54, 1.807) is 22.8 Å². The first kappa shape index (κ1) is 11.2. The lowest BCUT2D eigenvalue weighted by Gasteiger charge is -2.02. The maximum absolute atomic E-state index is 8.92. The van der Waals surface area contributed by atoms with Crippen LogP contribution in [0.4, 0.5) is 0 Å². The van der Waals surface area contributed by atoms with Crippen LogP contribution in [0.5, 0.6) is 0 Å². The highest BCUT2D eigenvalue weighted by Crippen LogP contribution is 2.19. The molecule has 0 aliphatic heterocycles. The number of aryl methyl sites for hydroxylation is 1.